The number of benzene rings is 3. The summed E-state index contributed by atoms with van der Waals surface area (Å²) in [7, 11) is 0. The van der Waals surface area contributed by atoms with E-state index in [0.29, 0.717) is 16.3 Å². The quantitative estimate of drug-likeness (QED) is 0.227. The Labute approximate surface area is 220 Å². The summed E-state index contributed by atoms with van der Waals surface area (Å²) < 4.78 is 0.879. The first-order chi connectivity index (χ1) is 18.1. The van der Waals surface area contributed by atoms with Crippen LogP contribution >= 0.6 is 23.1 Å². The number of hydrogen-bond donors (Lipinski definition) is 0. The van der Waals surface area contributed by atoms with E-state index in [1.165, 1.54) is 16.3 Å². The van der Waals surface area contributed by atoms with Gasteiger partial charge in [0.05, 0.1) is 21.5 Å². The first-order valence-corrected chi connectivity index (χ1v) is 12.5. The van der Waals surface area contributed by atoms with Gasteiger partial charge in [-0.1, -0.05) is 60.7 Å². The van der Waals surface area contributed by atoms with Crippen LogP contribution in [0.4, 0.5) is 5.69 Å². The number of rotatable bonds is 5. The Morgan fingerprint density at radius 3 is 2.11 bits per heavy atom. The fourth-order valence-electron chi connectivity index (χ4n) is 3.71. The van der Waals surface area contributed by atoms with E-state index >= 15 is 0 Å². The first-order valence-electron chi connectivity index (χ1n) is 10.9. The van der Waals surface area contributed by atoms with Crippen molar-refractivity contribution in [3.63, 3.8) is 0 Å². The maximum atomic E-state index is 13.5. The lowest BCUT2D eigenvalue weighted by Gasteiger charge is -2.18. The van der Waals surface area contributed by atoms with Crippen LogP contribution in [0.5, 0.6) is 0 Å². The summed E-state index contributed by atoms with van der Waals surface area (Å²) in [6, 6.07) is 31.3. The molecule has 9 heteroatoms. The molecular weight excluding hydrogens is 500 g/mol. The van der Waals surface area contributed by atoms with Crippen LogP contribution in [0.15, 0.2) is 106 Å². The van der Waals surface area contributed by atoms with Crippen LogP contribution < -0.4 is 5.01 Å². The van der Waals surface area contributed by atoms with Gasteiger partial charge in [0.2, 0.25) is 5.78 Å². The lowest BCUT2D eigenvalue weighted by molar-refractivity contribution is 0.106. The molecule has 0 radical (unpaired) electrons. The Balaban J connectivity index is 1.69. The number of hydrogen-bond acceptors (Lipinski definition) is 9. The Morgan fingerprint density at radius 1 is 0.811 bits per heavy atom. The minimum absolute atomic E-state index is 0.0639. The van der Waals surface area contributed by atoms with Crippen molar-refractivity contribution >= 4 is 55.4 Å². The number of nitrogens with zero attached hydrogens (tertiary/aromatic N) is 6. The highest BCUT2D eigenvalue weighted by Gasteiger charge is 2.34. The summed E-state index contributed by atoms with van der Waals surface area (Å²) in [6.45, 7) is 0. The van der Waals surface area contributed by atoms with Gasteiger partial charge in [-0.15, -0.1) is 11.3 Å². The third-order valence-electron chi connectivity index (χ3n) is 5.37. The molecule has 3 aromatic carbocycles. The second-order valence-corrected chi connectivity index (χ2v) is 9.61. The van der Waals surface area contributed by atoms with Crippen LogP contribution in [0.2, 0.25) is 0 Å². The van der Waals surface area contributed by atoms with Crippen molar-refractivity contribution < 1.29 is 4.79 Å². The first kappa shape index (κ1) is 23.7. The zero-order valence-electron chi connectivity index (χ0n) is 19.0. The second-order valence-electron chi connectivity index (χ2n) is 7.60. The average molecular weight is 515 g/mol. The van der Waals surface area contributed by atoms with E-state index in [-0.39, 0.29) is 32.6 Å². The highest BCUT2D eigenvalue weighted by atomic mass is 32.2. The maximum Gasteiger partial charge on any atom is 0.248 e. The Morgan fingerprint density at radius 2 is 1.46 bits per heavy atom. The number of nitriles is 3. The second kappa shape index (κ2) is 10.3. The number of hydrazone groups is 1. The van der Waals surface area contributed by atoms with Gasteiger partial charge < -0.3 is 0 Å². The third kappa shape index (κ3) is 4.51. The van der Waals surface area contributed by atoms with Gasteiger partial charge >= 0.3 is 0 Å². The van der Waals surface area contributed by atoms with Crippen molar-refractivity contribution in [1.29, 1.82) is 15.8 Å². The minimum atomic E-state index is -0.370. The standard InChI is InChI=1S/C28H14N6OS2/c29-15-19(16-30)24(18-9-3-1-4-10-18)21(17-31)28-34(20-11-5-2-6-12-20)33-27(37-28)25(35)26-32-22-13-7-8-14-23(22)36-26/h1-14H/b28-21+. The van der Waals surface area contributed by atoms with Crippen LogP contribution in [0, 0.1) is 34.0 Å². The lowest BCUT2D eigenvalue weighted by Crippen LogP contribution is -2.12. The van der Waals surface area contributed by atoms with Crippen LogP contribution in [-0.2, 0) is 0 Å². The molecule has 1 aliphatic rings. The minimum Gasteiger partial charge on any atom is -0.283 e. The number of anilines is 1. The number of thiazole rings is 1. The molecule has 1 aromatic heterocycles. The van der Waals surface area contributed by atoms with Crippen LogP contribution in [0.3, 0.4) is 0 Å². The predicted molar refractivity (Wildman–Crippen MR) is 145 cm³/mol. The molecule has 174 valence electrons. The van der Waals surface area contributed by atoms with Crippen molar-refractivity contribution in [2.45, 2.75) is 0 Å². The van der Waals surface area contributed by atoms with E-state index in [2.05, 4.69) is 16.2 Å². The van der Waals surface area contributed by atoms with E-state index < -0.39 is 0 Å². The van der Waals surface area contributed by atoms with Gasteiger partial charge in [-0.2, -0.15) is 20.9 Å². The highest BCUT2D eigenvalue weighted by Crippen LogP contribution is 2.42. The Kier molecular flexibility index (Phi) is 6.61. The molecule has 0 amide bonds. The van der Waals surface area contributed by atoms with Crippen molar-refractivity contribution in [1.82, 2.24) is 4.98 Å². The molecule has 7 nitrogen and oxygen atoms in total. The van der Waals surface area contributed by atoms with Crippen molar-refractivity contribution in [3.05, 3.63) is 112 Å². The number of thioether (sulfide) groups is 1. The molecule has 0 N–H and O–H groups in total. The van der Waals surface area contributed by atoms with Gasteiger partial charge in [-0.25, -0.2) is 9.99 Å². The van der Waals surface area contributed by atoms with Crippen molar-refractivity contribution in [3.8, 4) is 18.2 Å². The average Bonchev–Trinajstić information content (AvgIpc) is 3.59. The fraction of sp³-hybridized carbons (Fsp3) is 0. The molecule has 0 spiro atoms. The molecule has 1 aliphatic heterocycles. The predicted octanol–water partition coefficient (Wildman–Crippen LogP) is 6.28. The molecule has 0 atom stereocenters. The van der Waals surface area contributed by atoms with E-state index in [1.54, 1.807) is 42.5 Å². The molecule has 2 heterocycles. The van der Waals surface area contributed by atoms with Crippen LogP contribution in [0.1, 0.15) is 15.4 Å². The van der Waals surface area contributed by atoms with E-state index in [1.807, 2.05) is 54.6 Å². The third-order valence-corrected chi connectivity index (χ3v) is 7.44. The Hall–Kier alpha value is -5.01. The number of carbonyl (C=O) groups excluding carboxylic acids is 1. The smallest absolute Gasteiger partial charge is 0.248 e. The SMILES string of the molecule is N#CC(C#N)=C(/C(C#N)=C1/SC(C(=O)c2nc3ccccc3s2)=NN1c1ccccc1)c1ccccc1. The zero-order valence-corrected chi connectivity index (χ0v) is 20.6. The van der Waals surface area contributed by atoms with Gasteiger partial charge in [0.15, 0.2) is 10.1 Å². The van der Waals surface area contributed by atoms with E-state index in [9.17, 15) is 20.6 Å². The molecule has 0 unspecified atom stereocenters. The summed E-state index contributed by atoms with van der Waals surface area (Å²) in [5, 5.41) is 36.6. The van der Waals surface area contributed by atoms with Crippen molar-refractivity contribution in [2.75, 3.05) is 5.01 Å². The number of carbonyl (C=O) groups is 1. The lowest BCUT2D eigenvalue weighted by atomic mass is 9.94. The number of fused-ring (bicyclic) bond motifs is 1. The normalized spacial score (nSPS) is 13.8. The highest BCUT2D eigenvalue weighted by molar-refractivity contribution is 8.19. The molecule has 5 rings (SSSR count). The van der Waals surface area contributed by atoms with Crippen molar-refractivity contribution in [2.24, 2.45) is 5.10 Å². The van der Waals surface area contributed by atoms with E-state index in [0.717, 1.165) is 22.0 Å². The Bertz CT molecular complexity index is 1700. The number of para-hydroxylation sites is 2. The molecule has 0 fully saturated rings. The molecule has 4 aromatic rings. The molecule has 0 aliphatic carbocycles. The maximum absolute atomic E-state index is 13.5. The number of aromatic nitrogens is 1. The number of Topliss-reactive ketones (excluding diaryl/α,β-unsaturated/α-hetero) is 1. The van der Waals surface area contributed by atoms with Gasteiger partial charge in [-0.3, -0.25) is 4.79 Å². The van der Waals surface area contributed by atoms with E-state index in [4.69, 9.17) is 0 Å². The number of ketones is 1. The zero-order chi connectivity index (χ0) is 25.8. The molecule has 37 heavy (non-hydrogen) atoms. The van der Waals surface area contributed by atoms with Gasteiger partial charge in [0.25, 0.3) is 0 Å². The fourth-order valence-corrected chi connectivity index (χ4v) is 5.66. The number of allylic oxidation sites excluding steroid dienone is 3. The molecule has 0 saturated heterocycles. The topological polar surface area (TPSA) is 117 Å². The molecule has 0 bridgehead atoms. The summed E-state index contributed by atoms with van der Waals surface area (Å²) >= 11 is 2.29. The van der Waals surface area contributed by atoms with Crippen LogP contribution in [-0.4, -0.2) is 15.8 Å². The van der Waals surface area contributed by atoms with Crippen LogP contribution in [0.25, 0.3) is 15.8 Å². The monoisotopic (exact) mass is 514 g/mol. The summed E-state index contributed by atoms with van der Waals surface area (Å²) in [4.78, 5) is 17.9. The summed E-state index contributed by atoms with van der Waals surface area (Å²) in [5.74, 6) is -0.370. The van der Waals surface area contributed by atoms with Gasteiger partial charge in [0.1, 0.15) is 28.8 Å². The molecule has 0 saturated carbocycles. The van der Waals surface area contributed by atoms with Gasteiger partial charge in [-0.05, 0) is 41.6 Å². The molecular formula is C28H14N6OS2. The summed E-state index contributed by atoms with van der Waals surface area (Å²) in [5.41, 5.74) is 1.90. The summed E-state index contributed by atoms with van der Waals surface area (Å²) in [6.07, 6.45) is 0. The van der Waals surface area contributed by atoms with Gasteiger partial charge in [0, 0.05) is 5.57 Å². The largest absolute Gasteiger partial charge is 0.283 e.